The molecular formula is C24H22N4O4. The maximum absolute atomic E-state index is 13.4. The Bertz CT molecular complexity index is 1460. The number of imidazole rings is 1. The lowest BCUT2D eigenvalue weighted by Gasteiger charge is -2.12. The van der Waals surface area contributed by atoms with Crippen LogP contribution in [0.5, 0.6) is 0 Å². The summed E-state index contributed by atoms with van der Waals surface area (Å²) in [6, 6.07) is 14.5. The molecule has 0 aliphatic heterocycles. The number of methoxy groups -OCH3 is 1. The summed E-state index contributed by atoms with van der Waals surface area (Å²) in [7, 11) is 1.34. The summed E-state index contributed by atoms with van der Waals surface area (Å²) in [5, 5.41) is 0. The fraction of sp³-hybridized carbons (Fsp3) is 0.250. The van der Waals surface area contributed by atoms with E-state index < -0.39 is 5.97 Å². The van der Waals surface area contributed by atoms with Crippen LogP contribution in [0.1, 0.15) is 40.4 Å². The fourth-order valence-electron chi connectivity index (χ4n) is 3.97. The van der Waals surface area contributed by atoms with E-state index in [-0.39, 0.29) is 17.3 Å². The second kappa shape index (κ2) is 7.64. The van der Waals surface area contributed by atoms with Gasteiger partial charge in [-0.3, -0.25) is 9.36 Å². The van der Waals surface area contributed by atoms with Gasteiger partial charge in [0.05, 0.1) is 24.7 Å². The van der Waals surface area contributed by atoms with Crippen LogP contribution in [0.15, 0.2) is 64.4 Å². The predicted octanol–water partition coefficient (Wildman–Crippen LogP) is 2.83. The molecule has 0 bridgehead atoms. The zero-order valence-corrected chi connectivity index (χ0v) is 17.8. The molecule has 2 aromatic carbocycles. The molecular weight excluding hydrogens is 408 g/mol. The van der Waals surface area contributed by atoms with Crippen molar-refractivity contribution in [2.24, 2.45) is 0 Å². The number of nitrogens with zero attached hydrogens (tertiary/aromatic N) is 4. The lowest BCUT2D eigenvalue weighted by Crippen LogP contribution is -2.39. The second-order valence-electron chi connectivity index (χ2n) is 8.10. The van der Waals surface area contributed by atoms with E-state index in [1.165, 1.54) is 16.2 Å². The zero-order chi connectivity index (χ0) is 22.4. The Balaban J connectivity index is 1.70. The molecule has 0 saturated heterocycles. The number of rotatable bonds is 5. The highest BCUT2D eigenvalue weighted by atomic mass is 16.5. The second-order valence-corrected chi connectivity index (χ2v) is 8.10. The van der Waals surface area contributed by atoms with E-state index in [1.54, 1.807) is 29.1 Å². The molecule has 8 nitrogen and oxygen atoms in total. The lowest BCUT2D eigenvalue weighted by atomic mass is 10.1. The number of esters is 1. The lowest BCUT2D eigenvalue weighted by molar-refractivity contribution is 0.0600. The fourth-order valence-corrected chi connectivity index (χ4v) is 3.97. The molecule has 0 N–H and O–H groups in total. The molecule has 2 aromatic heterocycles. The molecule has 0 spiro atoms. The molecule has 32 heavy (non-hydrogen) atoms. The number of fused-ring (bicyclic) bond motifs is 1. The van der Waals surface area contributed by atoms with E-state index in [9.17, 15) is 14.4 Å². The Hall–Kier alpha value is -3.94. The van der Waals surface area contributed by atoms with Crippen molar-refractivity contribution < 1.29 is 9.53 Å². The number of hydrogen-bond acceptors (Lipinski definition) is 5. The first-order valence-electron chi connectivity index (χ1n) is 10.4. The van der Waals surface area contributed by atoms with Gasteiger partial charge in [-0.15, -0.1) is 0 Å². The highest BCUT2D eigenvalue weighted by Crippen LogP contribution is 2.32. The van der Waals surface area contributed by atoms with Crippen molar-refractivity contribution in [2.75, 3.05) is 7.11 Å². The molecule has 2 heterocycles. The summed E-state index contributed by atoms with van der Waals surface area (Å²) in [6.45, 7) is 2.30. The van der Waals surface area contributed by atoms with E-state index in [4.69, 9.17) is 4.74 Å². The van der Waals surface area contributed by atoms with Crippen LogP contribution >= 0.6 is 0 Å². The molecule has 1 fully saturated rings. The van der Waals surface area contributed by atoms with Gasteiger partial charge in [-0.2, -0.15) is 0 Å². The Morgan fingerprint density at radius 1 is 1.12 bits per heavy atom. The normalized spacial score (nSPS) is 13.4. The number of aromatic nitrogens is 4. The first kappa shape index (κ1) is 20.0. The molecule has 1 aliphatic carbocycles. The maximum atomic E-state index is 13.4. The number of carbonyl (C=O) groups excluding carboxylic acids is 1. The minimum atomic E-state index is -0.424. The van der Waals surface area contributed by atoms with Gasteiger partial charge in [0.2, 0.25) is 0 Å². The van der Waals surface area contributed by atoms with E-state index in [1.807, 2.05) is 37.3 Å². The molecule has 8 heteroatoms. The molecule has 162 valence electrons. The molecule has 4 aromatic rings. The smallest absolute Gasteiger partial charge is 0.337 e. The Labute approximate surface area is 183 Å². The highest BCUT2D eigenvalue weighted by Gasteiger charge is 2.30. The monoisotopic (exact) mass is 430 g/mol. The van der Waals surface area contributed by atoms with Crippen molar-refractivity contribution in [2.45, 2.75) is 32.4 Å². The van der Waals surface area contributed by atoms with Crippen molar-refractivity contribution in [3.05, 3.63) is 92.4 Å². The van der Waals surface area contributed by atoms with Crippen molar-refractivity contribution in [1.82, 2.24) is 18.7 Å². The van der Waals surface area contributed by atoms with Crippen molar-refractivity contribution in [1.29, 1.82) is 0 Å². The summed E-state index contributed by atoms with van der Waals surface area (Å²) in [4.78, 5) is 43.0. The van der Waals surface area contributed by atoms with Gasteiger partial charge >= 0.3 is 11.7 Å². The van der Waals surface area contributed by atoms with Gasteiger partial charge in [0.15, 0.2) is 11.2 Å². The predicted molar refractivity (Wildman–Crippen MR) is 119 cm³/mol. The third-order valence-corrected chi connectivity index (χ3v) is 5.75. The zero-order valence-electron chi connectivity index (χ0n) is 17.8. The van der Waals surface area contributed by atoms with Crippen LogP contribution in [-0.4, -0.2) is 31.8 Å². The number of benzene rings is 2. The summed E-state index contributed by atoms with van der Waals surface area (Å²) < 4.78 is 9.40. The number of carbonyl (C=O) groups is 1. The van der Waals surface area contributed by atoms with E-state index in [2.05, 4.69) is 4.98 Å². The SMILES string of the molecule is COC(=O)c1cccc(Cn2cnc3c2c(=O)n(C2CC2)c(=O)n3-c2ccc(C)cc2)c1. The number of ether oxygens (including phenoxy) is 1. The molecule has 5 rings (SSSR count). The van der Waals surface area contributed by atoms with Gasteiger partial charge in [-0.25, -0.2) is 19.1 Å². The minimum Gasteiger partial charge on any atom is -0.465 e. The average molecular weight is 430 g/mol. The van der Waals surface area contributed by atoms with Gasteiger partial charge in [-0.1, -0.05) is 29.8 Å². The van der Waals surface area contributed by atoms with Gasteiger partial charge in [0, 0.05) is 12.6 Å². The first-order chi connectivity index (χ1) is 15.5. The van der Waals surface area contributed by atoms with Gasteiger partial charge in [0.1, 0.15) is 0 Å². The minimum absolute atomic E-state index is 0.0814. The Kier molecular flexibility index (Phi) is 4.77. The number of aryl methyl sites for hydroxylation is 1. The van der Waals surface area contributed by atoms with Gasteiger partial charge in [-0.05, 0) is 49.6 Å². The molecule has 0 unspecified atom stereocenters. The Morgan fingerprint density at radius 2 is 1.88 bits per heavy atom. The van der Waals surface area contributed by atoms with Crippen LogP contribution in [0, 0.1) is 6.92 Å². The topological polar surface area (TPSA) is 88.1 Å². The third kappa shape index (κ3) is 3.33. The quantitative estimate of drug-likeness (QED) is 0.455. The summed E-state index contributed by atoms with van der Waals surface area (Å²) >= 11 is 0. The summed E-state index contributed by atoms with van der Waals surface area (Å²) in [6.07, 6.45) is 3.19. The van der Waals surface area contributed by atoms with Crippen LogP contribution in [0.25, 0.3) is 16.9 Å². The number of hydrogen-bond donors (Lipinski definition) is 0. The van der Waals surface area contributed by atoms with Gasteiger partial charge < -0.3 is 9.30 Å². The van der Waals surface area contributed by atoms with Crippen molar-refractivity contribution >= 4 is 17.1 Å². The van der Waals surface area contributed by atoms with Crippen LogP contribution in [0.4, 0.5) is 0 Å². The van der Waals surface area contributed by atoms with Crippen LogP contribution in [0.3, 0.4) is 0 Å². The molecule has 0 amide bonds. The Morgan fingerprint density at radius 3 is 2.56 bits per heavy atom. The van der Waals surface area contributed by atoms with Crippen LogP contribution in [0.2, 0.25) is 0 Å². The van der Waals surface area contributed by atoms with Crippen LogP contribution < -0.4 is 11.2 Å². The van der Waals surface area contributed by atoms with E-state index in [0.717, 1.165) is 24.0 Å². The van der Waals surface area contributed by atoms with Crippen LogP contribution in [-0.2, 0) is 11.3 Å². The molecule has 0 atom stereocenters. The summed E-state index contributed by atoms with van der Waals surface area (Å²) in [5.74, 6) is -0.424. The molecule has 0 radical (unpaired) electrons. The highest BCUT2D eigenvalue weighted by molar-refractivity contribution is 5.89. The average Bonchev–Trinajstić information content (AvgIpc) is 3.54. The molecule has 1 saturated carbocycles. The van der Waals surface area contributed by atoms with E-state index in [0.29, 0.717) is 29.0 Å². The first-order valence-corrected chi connectivity index (χ1v) is 10.4. The maximum Gasteiger partial charge on any atom is 0.337 e. The summed E-state index contributed by atoms with van der Waals surface area (Å²) in [5.41, 5.74) is 2.97. The van der Waals surface area contributed by atoms with Gasteiger partial charge in [0.25, 0.3) is 5.56 Å². The largest absolute Gasteiger partial charge is 0.465 e. The van der Waals surface area contributed by atoms with Crippen molar-refractivity contribution in [3.8, 4) is 5.69 Å². The molecule has 1 aliphatic rings. The van der Waals surface area contributed by atoms with Crippen molar-refractivity contribution in [3.63, 3.8) is 0 Å². The third-order valence-electron chi connectivity index (χ3n) is 5.75. The van der Waals surface area contributed by atoms with E-state index >= 15 is 0 Å². The standard InChI is InChI=1S/C24H22N4O4/c1-15-6-8-18(9-7-15)27-21-20(22(29)28(24(27)31)19-10-11-19)26(14-25-21)13-16-4-3-5-17(12-16)23(30)32-2/h3-9,12,14,19H,10-11,13H2,1-2H3.